The zero-order valence-corrected chi connectivity index (χ0v) is 48.8. The third-order valence-corrected chi connectivity index (χ3v) is 21.1. The highest BCUT2D eigenvalue weighted by Crippen LogP contribution is 2.56. The molecular weight excluding hydrogens is 908 g/mol. The van der Waals surface area contributed by atoms with E-state index in [4.69, 9.17) is 4.42 Å². The van der Waals surface area contributed by atoms with Crippen LogP contribution in [0.2, 0.25) is 0 Å². The summed E-state index contributed by atoms with van der Waals surface area (Å²) in [4.78, 5) is 5.35. The van der Waals surface area contributed by atoms with Crippen LogP contribution in [-0.2, 0) is 32.5 Å². The summed E-state index contributed by atoms with van der Waals surface area (Å²) < 4.78 is 7.74. The Bertz CT molecular complexity index is 3590. The van der Waals surface area contributed by atoms with Crippen molar-refractivity contribution in [3.63, 3.8) is 0 Å². The minimum Gasteiger partial charge on any atom is -0.440 e. The lowest BCUT2D eigenvalue weighted by Crippen LogP contribution is -2.61. The van der Waals surface area contributed by atoms with Crippen LogP contribution < -0.4 is 26.2 Å². The summed E-state index contributed by atoms with van der Waals surface area (Å²) in [5.41, 5.74) is 30.1. The fourth-order valence-corrected chi connectivity index (χ4v) is 16.1. The second-order valence-corrected chi connectivity index (χ2v) is 29.2. The van der Waals surface area contributed by atoms with Crippen LogP contribution in [0.25, 0.3) is 22.1 Å². The third-order valence-electron chi connectivity index (χ3n) is 21.1. The van der Waals surface area contributed by atoms with Crippen molar-refractivity contribution >= 4 is 68.4 Å². The Morgan fingerprint density at radius 1 is 0.453 bits per heavy atom. The normalized spacial score (nSPS) is 22.6. The van der Waals surface area contributed by atoms with Crippen LogP contribution in [-0.4, -0.2) is 6.71 Å². The van der Waals surface area contributed by atoms with Crippen molar-refractivity contribution in [2.24, 2.45) is 0 Å². The zero-order valence-electron chi connectivity index (χ0n) is 48.8. The van der Waals surface area contributed by atoms with Crippen molar-refractivity contribution in [1.29, 1.82) is 0 Å². The topological polar surface area (TPSA) is 19.6 Å². The molecule has 0 fully saturated rings. The largest absolute Gasteiger partial charge is 0.440 e. The van der Waals surface area contributed by atoms with Gasteiger partial charge in [0.2, 0.25) is 5.88 Å². The smallest absolute Gasteiger partial charge is 0.257 e. The predicted molar refractivity (Wildman–Crippen MR) is 322 cm³/mol. The number of nitrogens with zero attached hydrogens (tertiary/aromatic N) is 2. The van der Waals surface area contributed by atoms with E-state index >= 15 is 0 Å². The van der Waals surface area contributed by atoms with Gasteiger partial charge in [-0.15, -0.1) is 0 Å². The van der Waals surface area contributed by atoms with E-state index in [1.165, 1.54) is 155 Å². The fraction of sp³-hybridized carbons (Fsp3) is 0.465. The molecule has 3 nitrogen and oxygen atoms in total. The number of furan rings is 1. The number of benzene rings is 6. The summed E-state index contributed by atoms with van der Waals surface area (Å²) in [6.45, 7) is 41.5. The van der Waals surface area contributed by atoms with Crippen molar-refractivity contribution in [2.75, 3.05) is 9.80 Å². The number of rotatable bonds is 3. The Hall–Kier alpha value is -5.48. The van der Waals surface area contributed by atoms with Gasteiger partial charge in [0.05, 0.1) is 0 Å². The number of anilines is 6. The van der Waals surface area contributed by atoms with Gasteiger partial charge in [0, 0.05) is 39.3 Å². The molecule has 6 aromatic carbocycles. The van der Waals surface area contributed by atoms with Crippen LogP contribution >= 0.6 is 0 Å². The van der Waals surface area contributed by atoms with E-state index in [2.05, 4.69) is 212 Å². The predicted octanol–water partition coefficient (Wildman–Crippen LogP) is 18.2. The van der Waals surface area contributed by atoms with E-state index in [0.717, 1.165) is 30.7 Å². The van der Waals surface area contributed by atoms with Crippen molar-refractivity contribution in [3.8, 4) is 11.1 Å². The van der Waals surface area contributed by atoms with Crippen molar-refractivity contribution < 1.29 is 4.42 Å². The first kappa shape index (κ1) is 49.1. The standard InChI is InChI=1S/C71H83BN2O/c1-40-30-43(4)62(44(5)31-40)45-32-59-64-60(33-45)74(47-21-23-52-54(35-47)69(12,13)27-25-67(52,8)9)65-63(50-36-48-41(2)18-19-42(3)49(48)37-61(50)75-65)72(64)57-38-55-56(71(16,17)29-28-70(55,14)15)39-58(57)73(59)46-20-22-51-53(34-46)68(10,11)26-24-66(51,6)7/h20-23,30-39,41-42H,18-19,24-29H2,1-17H3. The molecule has 386 valence electrons. The summed E-state index contributed by atoms with van der Waals surface area (Å²) in [7, 11) is 0. The molecule has 1 aromatic heterocycles. The first-order chi connectivity index (χ1) is 35.2. The van der Waals surface area contributed by atoms with Crippen molar-refractivity contribution in [1.82, 2.24) is 0 Å². The summed E-state index contributed by atoms with van der Waals surface area (Å²) in [5.74, 6) is 1.96. The molecule has 75 heavy (non-hydrogen) atoms. The summed E-state index contributed by atoms with van der Waals surface area (Å²) in [6, 6.07) is 35.6. The Labute approximate surface area is 451 Å². The average Bonchev–Trinajstić information content (AvgIpc) is 3.89. The van der Waals surface area contributed by atoms with Crippen molar-refractivity contribution in [2.45, 2.75) is 213 Å². The van der Waals surface area contributed by atoms with Gasteiger partial charge in [0.1, 0.15) is 5.58 Å². The molecule has 0 amide bonds. The quantitative estimate of drug-likeness (QED) is 0.165. The number of fused-ring (bicyclic) bond motifs is 10. The minimum absolute atomic E-state index is 0.0222. The number of hydrogen-bond donors (Lipinski definition) is 0. The molecule has 2 atom stereocenters. The van der Waals surface area contributed by atoms with Crippen LogP contribution in [0.4, 0.5) is 34.3 Å². The van der Waals surface area contributed by atoms with Crippen molar-refractivity contribution in [3.05, 3.63) is 146 Å². The zero-order chi connectivity index (χ0) is 53.0. The lowest BCUT2D eigenvalue weighted by Gasteiger charge is -2.47. The molecule has 4 aliphatic carbocycles. The Kier molecular flexibility index (Phi) is 10.4. The molecule has 7 aromatic rings. The Balaban J connectivity index is 1.21. The van der Waals surface area contributed by atoms with Crippen LogP contribution in [0.15, 0.2) is 89.3 Å². The van der Waals surface area contributed by atoms with Gasteiger partial charge in [-0.2, -0.15) is 0 Å². The maximum atomic E-state index is 7.74. The van der Waals surface area contributed by atoms with Gasteiger partial charge in [0.15, 0.2) is 0 Å². The molecule has 0 N–H and O–H groups in total. The van der Waals surface area contributed by atoms with Crippen LogP contribution in [0, 0.1) is 20.8 Å². The van der Waals surface area contributed by atoms with E-state index in [1.54, 1.807) is 0 Å². The Morgan fingerprint density at radius 3 is 1.41 bits per heavy atom. The van der Waals surface area contributed by atoms with E-state index in [1.807, 2.05) is 0 Å². The minimum atomic E-state index is -0.0653. The highest BCUT2D eigenvalue weighted by molar-refractivity contribution is 7.01. The molecule has 2 aliphatic heterocycles. The second-order valence-electron chi connectivity index (χ2n) is 29.2. The molecule has 0 bridgehead atoms. The molecule has 0 saturated heterocycles. The van der Waals surface area contributed by atoms with Gasteiger partial charge in [-0.3, -0.25) is 4.90 Å². The average molecular weight is 991 g/mol. The maximum Gasteiger partial charge on any atom is 0.257 e. The summed E-state index contributed by atoms with van der Waals surface area (Å²) in [6.07, 6.45) is 9.46. The second kappa shape index (κ2) is 15.8. The third kappa shape index (κ3) is 7.11. The molecular formula is C71H83BN2O. The molecule has 2 unspecified atom stereocenters. The molecule has 4 heteroatoms. The van der Waals surface area contributed by atoms with E-state index in [9.17, 15) is 0 Å². The monoisotopic (exact) mass is 991 g/mol. The highest BCUT2D eigenvalue weighted by atomic mass is 16.4. The fourth-order valence-electron chi connectivity index (χ4n) is 16.1. The first-order valence-electron chi connectivity index (χ1n) is 29.1. The van der Waals surface area contributed by atoms with E-state index in [0.29, 0.717) is 11.8 Å². The molecule has 6 aliphatic rings. The van der Waals surface area contributed by atoms with Crippen LogP contribution in [0.3, 0.4) is 0 Å². The first-order valence-corrected chi connectivity index (χ1v) is 29.1. The summed E-state index contributed by atoms with van der Waals surface area (Å²) in [5, 5.41) is 1.28. The van der Waals surface area contributed by atoms with Gasteiger partial charge in [-0.25, -0.2) is 0 Å². The Morgan fingerprint density at radius 2 is 0.893 bits per heavy atom. The number of aryl methyl sites for hydroxylation is 3. The maximum absolute atomic E-state index is 7.74. The van der Waals surface area contributed by atoms with Crippen LogP contribution in [0.5, 0.6) is 0 Å². The van der Waals surface area contributed by atoms with Gasteiger partial charge in [-0.1, -0.05) is 133 Å². The van der Waals surface area contributed by atoms with Crippen LogP contribution in [0.1, 0.15) is 221 Å². The molecule has 0 saturated carbocycles. The van der Waals surface area contributed by atoms with Gasteiger partial charge in [-0.05, 0) is 249 Å². The lowest BCUT2D eigenvalue weighted by atomic mass is 9.33. The van der Waals surface area contributed by atoms with Gasteiger partial charge in [0.25, 0.3) is 6.71 Å². The molecule has 0 radical (unpaired) electrons. The summed E-state index contributed by atoms with van der Waals surface area (Å²) >= 11 is 0. The molecule has 0 spiro atoms. The molecule has 13 rings (SSSR count). The van der Waals surface area contributed by atoms with Gasteiger partial charge >= 0.3 is 0 Å². The lowest BCUT2D eigenvalue weighted by molar-refractivity contribution is 0.332. The SMILES string of the molecule is Cc1cc(C)c(-c2cc3c4c(c2)N(c2ccc5c(c2)C(C)(C)CCC5(C)C)c2oc5cc6c(cc5c2B4c2cc4c(cc2N3c2ccc3c(c2)C(C)(C)CCC3(C)C)C(C)(C)CCC4(C)C)C(C)CCC6C)c(C)c1. The highest BCUT2D eigenvalue weighted by Gasteiger charge is 2.50. The van der Waals surface area contributed by atoms with E-state index < -0.39 is 0 Å². The molecule has 3 heterocycles. The van der Waals surface area contributed by atoms with Gasteiger partial charge < -0.3 is 9.32 Å². The van der Waals surface area contributed by atoms with E-state index in [-0.39, 0.29) is 39.2 Å². The number of hydrogen-bond acceptors (Lipinski definition) is 3.